The Balaban J connectivity index is 2.35. The van der Waals surface area contributed by atoms with Crippen LogP contribution in [-0.2, 0) is 6.42 Å². The highest BCUT2D eigenvalue weighted by Gasteiger charge is 2.15. The van der Waals surface area contributed by atoms with Gasteiger partial charge in [-0.2, -0.15) is 0 Å². The molecule has 0 aliphatic carbocycles. The molecule has 0 aliphatic heterocycles. The molecule has 0 saturated carbocycles. The standard InChI is InChI=1S/C18H21ClO2S/c1-13-10-11-16(18(21-3)17(13)20-2)22-15-9-5-4-7-14(15)8-6-12-19/h4-5,7,9-11H,6,8,12H2,1-3H3. The Morgan fingerprint density at radius 2 is 1.68 bits per heavy atom. The fraction of sp³-hybridized carbons (Fsp3) is 0.333. The molecule has 0 spiro atoms. The van der Waals surface area contributed by atoms with Crippen molar-refractivity contribution >= 4 is 23.4 Å². The van der Waals surface area contributed by atoms with Gasteiger partial charge in [0.05, 0.1) is 19.1 Å². The first-order valence-electron chi connectivity index (χ1n) is 7.24. The summed E-state index contributed by atoms with van der Waals surface area (Å²) in [4.78, 5) is 2.29. The van der Waals surface area contributed by atoms with Crippen LogP contribution < -0.4 is 9.47 Å². The molecule has 118 valence electrons. The normalized spacial score (nSPS) is 10.5. The van der Waals surface area contributed by atoms with Gasteiger partial charge in [0.1, 0.15) is 0 Å². The molecule has 0 atom stereocenters. The zero-order chi connectivity index (χ0) is 15.9. The lowest BCUT2D eigenvalue weighted by Gasteiger charge is -2.15. The Hall–Kier alpha value is -1.32. The summed E-state index contributed by atoms with van der Waals surface area (Å²) in [5.74, 6) is 2.27. The SMILES string of the molecule is COc1c(C)ccc(Sc2ccccc2CCCCl)c1OC. The largest absolute Gasteiger partial charge is 0.493 e. The van der Waals surface area contributed by atoms with Gasteiger partial charge in [-0.25, -0.2) is 0 Å². The van der Waals surface area contributed by atoms with Crippen LogP contribution >= 0.6 is 23.4 Å². The number of hydrogen-bond donors (Lipinski definition) is 0. The first-order valence-corrected chi connectivity index (χ1v) is 8.59. The molecule has 4 heteroatoms. The van der Waals surface area contributed by atoms with Crippen LogP contribution in [0.5, 0.6) is 11.5 Å². The van der Waals surface area contributed by atoms with Gasteiger partial charge in [-0.1, -0.05) is 36.0 Å². The third-order valence-corrected chi connectivity index (χ3v) is 4.88. The van der Waals surface area contributed by atoms with Crippen LogP contribution in [0.1, 0.15) is 17.5 Å². The van der Waals surface area contributed by atoms with E-state index in [4.69, 9.17) is 21.1 Å². The molecule has 0 aliphatic rings. The van der Waals surface area contributed by atoms with E-state index in [1.54, 1.807) is 26.0 Å². The van der Waals surface area contributed by atoms with Crippen LogP contribution in [0, 0.1) is 6.92 Å². The van der Waals surface area contributed by atoms with Crippen LogP contribution in [0.25, 0.3) is 0 Å². The second-order valence-corrected chi connectivity index (χ2v) is 6.41. The molecule has 0 unspecified atom stereocenters. The van der Waals surface area contributed by atoms with E-state index in [9.17, 15) is 0 Å². The van der Waals surface area contributed by atoms with E-state index in [0.717, 1.165) is 34.8 Å². The van der Waals surface area contributed by atoms with E-state index in [1.807, 2.05) is 6.92 Å². The average molecular weight is 337 g/mol. The third-order valence-electron chi connectivity index (χ3n) is 3.45. The van der Waals surface area contributed by atoms with Crippen LogP contribution in [0.3, 0.4) is 0 Å². The summed E-state index contributed by atoms with van der Waals surface area (Å²) in [5.41, 5.74) is 2.38. The number of benzene rings is 2. The van der Waals surface area contributed by atoms with Crippen molar-refractivity contribution in [2.24, 2.45) is 0 Å². The van der Waals surface area contributed by atoms with E-state index in [1.165, 1.54) is 10.5 Å². The van der Waals surface area contributed by atoms with Crippen LogP contribution in [0.4, 0.5) is 0 Å². The fourth-order valence-corrected chi connectivity index (χ4v) is 3.58. The molecule has 0 heterocycles. The molecule has 0 saturated heterocycles. The summed E-state index contributed by atoms with van der Waals surface area (Å²) in [6.07, 6.45) is 1.96. The predicted octanol–water partition coefficient (Wildman–Crippen LogP) is 5.33. The van der Waals surface area contributed by atoms with E-state index in [0.29, 0.717) is 5.88 Å². The molecule has 0 aromatic heterocycles. The van der Waals surface area contributed by atoms with Gasteiger partial charge in [0, 0.05) is 10.8 Å². The van der Waals surface area contributed by atoms with Crippen molar-refractivity contribution in [3.8, 4) is 11.5 Å². The zero-order valence-corrected chi connectivity index (χ0v) is 14.8. The smallest absolute Gasteiger partial charge is 0.174 e. The molecule has 0 radical (unpaired) electrons. The minimum absolute atomic E-state index is 0.681. The predicted molar refractivity (Wildman–Crippen MR) is 93.9 cm³/mol. The summed E-state index contributed by atoms with van der Waals surface area (Å²) in [6.45, 7) is 2.02. The van der Waals surface area contributed by atoms with Crippen LogP contribution in [0.15, 0.2) is 46.2 Å². The van der Waals surface area contributed by atoms with Gasteiger partial charge in [-0.05, 0) is 43.0 Å². The Kier molecular flexibility index (Phi) is 6.47. The lowest BCUT2D eigenvalue weighted by Crippen LogP contribution is -1.96. The highest BCUT2D eigenvalue weighted by Crippen LogP contribution is 2.43. The number of hydrogen-bond acceptors (Lipinski definition) is 3. The molecule has 22 heavy (non-hydrogen) atoms. The lowest BCUT2D eigenvalue weighted by atomic mass is 10.1. The first-order chi connectivity index (χ1) is 10.7. The fourth-order valence-electron chi connectivity index (χ4n) is 2.36. The summed E-state index contributed by atoms with van der Waals surface area (Å²) in [5, 5.41) is 0. The number of ether oxygens (including phenoxy) is 2. The van der Waals surface area contributed by atoms with Crippen molar-refractivity contribution in [3.05, 3.63) is 47.5 Å². The molecule has 2 rings (SSSR count). The summed E-state index contributed by atoms with van der Waals surface area (Å²) >= 11 is 7.53. The van der Waals surface area contributed by atoms with Gasteiger partial charge in [-0.15, -0.1) is 11.6 Å². The maximum atomic E-state index is 5.83. The molecule has 0 N–H and O–H groups in total. The quantitative estimate of drug-likeness (QED) is 0.636. The van der Waals surface area contributed by atoms with E-state index in [2.05, 4.69) is 36.4 Å². The van der Waals surface area contributed by atoms with Crippen molar-refractivity contribution in [3.63, 3.8) is 0 Å². The summed E-state index contributed by atoms with van der Waals surface area (Å²) in [7, 11) is 3.36. The molecular formula is C18H21ClO2S. The minimum atomic E-state index is 0.681. The minimum Gasteiger partial charge on any atom is -0.493 e. The second-order valence-electron chi connectivity index (χ2n) is 4.95. The highest BCUT2D eigenvalue weighted by atomic mass is 35.5. The van der Waals surface area contributed by atoms with Crippen molar-refractivity contribution in [1.82, 2.24) is 0 Å². The molecule has 2 nitrogen and oxygen atoms in total. The molecule has 2 aromatic carbocycles. The molecular weight excluding hydrogens is 316 g/mol. The summed E-state index contributed by atoms with van der Waals surface area (Å²) in [6, 6.07) is 12.6. The Bertz CT molecular complexity index is 628. The van der Waals surface area contributed by atoms with E-state index >= 15 is 0 Å². The third kappa shape index (κ3) is 3.90. The summed E-state index contributed by atoms with van der Waals surface area (Å²) < 4.78 is 11.1. The van der Waals surface area contributed by atoms with Gasteiger partial charge in [-0.3, -0.25) is 0 Å². The van der Waals surface area contributed by atoms with Crippen molar-refractivity contribution in [1.29, 1.82) is 0 Å². The average Bonchev–Trinajstić information content (AvgIpc) is 2.55. The Morgan fingerprint density at radius 3 is 2.36 bits per heavy atom. The van der Waals surface area contributed by atoms with E-state index < -0.39 is 0 Å². The molecule has 0 amide bonds. The number of rotatable bonds is 7. The van der Waals surface area contributed by atoms with Crippen molar-refractivity contribution in [2.45, 2.75) is 29.6 Å². The number of aryl methyl sites for hydroxylation is 2. The van der Waals surface area contributed by atoms with Gasteiger partial charge in [0.15, 0.2) is 11.5 Å². The van der Waals surface area contributed by atoms with Gasteiger partial charge >= 0.3 is 0 Å². The van der Waals surface area contributed by atoms with Gasteiger partial charge in [0.25, 0.3) is 0 Å². The molecule has 2 aromatic rings. The monoisotopic (exact) mass is 336 g/mol. The molecule has 0 fully saturated rings. The number of alkyl halides is 1. The topological polar surface area (TPSA) is 18.5 Å². The second kappa shape index (κ2) is 8.35. The first kappa shape index (κ1) is 17.0. The highest BCUT2D eigenvalue weighted by molar-refractivity contribution is 7.99. The Morgan fingerprint density at radius 1 is 0.955 bits per heavy atom. The van der Waals surface area contributed by atoms with Crippen LogP contribution in [0.2, 0.25) is 0 Å². The number of halogens is 1. The maximum absolute atomic E-state index is 5.83. The number of methoxy groups -OCH3 is 2. The lowest BCUT2D eigenvalue weighted by molar-refractivity contribution is 0.346. The zero-order valence-electron chi connectivity index (χ0n) is 13.2. The van der Waals surface area contributed by atoms with Crippen LogP contribution in [-0.4, -0.2) is 20.1 Å². The molecule has 0 bridgehead atoms. The van der Waals surface area contributed by atoms with E-state index in [-0.39, 0.29) is 0 Å². The van der Waals surface area contributed by atoms with Gasteiger partial charge in [0.2, 0.25) is 0 Å². The maximum Gasteiger partial charge on any atom is 0.174 e. The van der Waals surface area contributed by atoms with Crippen molar-refractivity contribution in [2.75, 3.05) is 20.1 Å². The Labute approximate surface area is 141 Å². The van der Waals surface area contributed by atoms with Crippen molar-refractivity contribution < 1.29 is 9.47 Å². The van der Waals surface area contributed by atoms with Gasteiger partial charge < -0.3 is 9.47 Å².